The molecule has 0 N–H and O–H groups in total. The standard InChI is InChI=1S/2Ag.ClH.Mg/h;;1H;/q;+1;;/p-1. The van der Waals surface area contributed by atoms with Crippen molar-refractivity contribution >= 4 is 32.2 Å². The molecule has 0 fully saturated rings. The second-order valence-electron chi connectivity index (χ2n) is 0. The van der Waals surface area contributed by atoms with Crippen LogP contribution in [0.4, 0.5) is 0 Å². The normalized spacial score (nSPS) is 1.75. The fourth-order valence-electron chi connectivity index (χ4n) is 0. The molecule has 0 aromatic carbocycles. The first kappa shape index (κ1) is 16.0. The summed E-state index contributed by atoms with van der Waals surface area (Å²) in [5, 5.41) is 0. The van der Waals surface area contributed by atoms with Gasteiger partial charge in [0, 0.05) is 45.4 Å². The van der Waals surface area contributed by atoms with Crippen LogP contribution in [0.15, 0.2) is 0 Å². The Bertz CT molecular complexity index is 6.00. The molecule has 0 bridgehead atoms. The summed E-state index contributed by atoms with van der Waals surface area (Å²) in [7, 11) is 4.45. The summed E-state index contributed by atoms with van der Waals surface area (Å²) in [6.07, 6.45) is 0. The van der Waals surface area contributed by atoms with E-state index < -0.39 is 0 Å². The molecule has 0 aromatic rings. The van der Waals surface area contributed by atoms with E-state index in [4.69, 9.17) is 0 Å². The van der Waals surface area contributed by atoms with Gasteiger partial charge in [-0.2, -0.15) is 0 Å². The van der Waals surface area contributed by atoms with Crippen molar-refractivity contribution in [2.75, 3.05) is 0 Å². The van der Waals surface area contributed by atoms with Gasteiger partial charge >= 0.3 is 29.2 Å². The predicted molar refractivity (Wildman–Crippen MR) is 11.6 cm³/mol. The molecule has 0 amide bonds. The maximum absolute atomic E-state index is 4.45. The number of hydrogen-bond acceptors (Lipinski definition) is 0. The third-order valence-corrected chi connectivity index (χ3v) is 0. The van der Waals surface area contributed by atoms with Gasteiger partial charge in [-0.05, 0) is 0 Å². The third kappa shape index (κ3) is 8.82. The van der Waals surface area contributed by atoms with Crippen LogP contribution in [0, 0.1) is 0 Å². The first-order valence-electron chi connectivity index (χ1n) is 0.114. The van der Waals surface area contributed by atoms with Crippen molar-refractivity contribution in [3.05, 3.63) is 0 Å². The van der Waals surface area contributed by atoms with E-state index >= 15 is 0 Å². The molecule has 4 heteroatoms. The molecule has 0 aliphatic carbocycles. The molecule has 0 saturated carbocycles. The van der Waals surface area contributed by atoms with E-state index in [1.54, 1.807) is 0 Å². The minimum atomic E-state index is 0. The molecule has 0 spiro atoms. The smallest absolute Gasteiger partial charge is 0 e. The van der Waals surface area contributed by atoms with E-state index in [0.717, 1.165) is 0 Å². The van der Waals surface area contributed by atoms with Gasteiger partial charge in [-0.25, -0.2) is 0 Å². The van der Waals surface area contributed by atoms with Gasteiger partial charge in [-0.15, -0.1) is 0 Å². The summed E-state index contributed by atoms with van der Waals surface area (Å²) in [4.78, 5) is 0. The topological polar surface area (TPSA) is 0 Å². The summed E-state index contributed by atoms with van der Waals surface area (Å²) in [6, 6.07) is 0. The zero-order valence-electron chi connectivity index (χ0n) is 1.69. The van der Waals surface area contributed by atoms with Gasteiger partial charge in [-0.3, -0.25) is 0 Å². The second-order valence-corrected chi connectivity index (χ2v) is 0. The van der Waals surface area contributed by atoms with Crippen LogP contribution in [0.1, 0.15) is 0 Å². The Labute approximate surface area is 73.4 Å². The Hall–Kier alpha value is 2.54. The summed E-state index contributed by atoms with van der Waals surface area (Å²) >= 11 is 2.42. The van der Waals surface area contributed by atoms with E-state index in [9.17, 15) is 0 Å². The van der Waals surface area contributed by atoms with Crippen molar-refractivity contribution in [1.82, 2.24) is 0 Å². The maximum Gasteiger partial charge on any atom is 0 e. The molecule has 0 aliphatic heterocycles. The van der Waals surface area contributed by atoms with Gasteiger partial charge in [0.1, 0.15) is 0 Å². The Kier molecular flexibility index (Phi) is 70.9. The number of rotatable bonds is 0. The summed E-state index contributed by atoms with van der Waals surface area (Å²) in [5.74, 6) is 0. The van der Waals surface area contributed by atoms with Crippen molar-refractivity contribution in [3.63, 3.8) is 0 Å². The minimum absolute atomic E-state index is 0. The van der Waals surface area contributed by atoms with Gasteiger partial charge in [0.15, 0.2) is 0 Å². The fraction of sp³-hybridized carbons (Fsp3) is 0. The van der Waals surface area contributed by atoms with Crippen molar-refractivity contribution in [3.8, 4) is 0 Å². The molecule has 0 heterocycles. The minimum Gasteiger partial charge on any atom is 0 e. The summed E-state index contributed by atoms with van der Waals surface area (Å²) in [6.45, 7) is 0. The van der Waals surface area contributed by atoms with Crippen LogP contribution in [0.25, 0.3) is 0 Å². The van der Waals surface area contributed by atoms with Crippen LogP contribution in [-0.2, 0) is 42.4 Å². The zero-order chi connectivity index (χ0) is 2.00. The fourth-order valence-corrected chi connectivity index (χ4v) is 0. The number of halogens is 1. The molecule has 0 unspecified atom stereocenters. The molecule has 4 heavy (non-hydrogen) atoms. The van der Waals surface area contributed by atoms with Crippen LogP contribution in [0.3, 0.4) is 0 Å². The summed E-state index contributed by atoms with van der Waals surface area (Å²) in [5.41, 5.74) is 0. The van der Waals surface area contributed by atoms with Gasteiger partial charge < -0.3 is 0 Å². The largest absolute Gasteiger partial charge is 0 e. The molecule has 0 saturated heterocycles. The van der Waals surface area contributed by atoms with E-state index in [2.05, 4.69) is 29.2 Å². The SMILES string of the molecule is [Ag].[Cl][Ag].[Mg]. The van der Waals surface area contributed by atoms with Gasteiger partial charge in [0.05, 0.1) is 0 Å². The molecule has 0 atom stereocenters. The quantitative estimate of drug-likeness (QED) is 0.558. The zero-order valence-corrected chi connectivity index (χ0v) is 6.82. The van der Waals surface area contributed by atoms with Gasteiger partial charge in [0.2, 0.25) is 0 Å². The second kappa shape index (κ2) is 17.7. The molecule has 0 nitrogen and oxygen atoms in total. The predicted octanol–water partition coefficient (Wildman–Crippen LogP) is 0.304. The molecule has 0 aromatic heterocycles. The monoisotopic (exact) mass is 273 g/mol. The van der Waals surface area contributed by atoms with Crippen LogP contribution in [0.2, 0.25) is 0 Å². The van der Waals surface area contributed by atoms with Crippen LogP contribution >= 0.6 is 9.19 Å². The average molecular weight is 275 g/mol. The third-order valence-electron chi connectivity index (χ3n) is 0. The molecule has 0 aliphatic rings. The van der Waals surface area contributed by atoms with Crippen LogP contribution in [-0.4, -0.2) is 23.1 Å². The first-order valence-corrected chi connectivity index (χ1v) is 2.02. The van der Waals surface area contributed by atoms with Crippen LogP contribution in [0.5, 0.6) is 0 Å². The molecular weight excluding hydrogens is 275 g/mol. The Morgan fingerprint density at radius 2 is 1.25 bits per heavy atom. The van der Waals surface area contributed by atoms with E-state index in [-0.39, 0.29) is 45.4 Å². The van der Waals surface area contributed by atoms with E-state index in [1.165, 1.54) is 0 Å². The maximum atomic E-state index is 4.45. The van der Waals surface area contributed by atoms with Crippen molar-refractivity contribution < 1.29 is 42.4 Å². The molecular formula is Ag2ClMg. The Balaban J connectivity index is -0.00000000500. The van der Waals surface area contributed by atoms with Gasteiger partial charge in [-0.1, -0.05) is 0 Å². The molecule has 31 valence electrons. The molecule has 3 radical (unpaired) electrons. The van der Waals surface area contributed by atoms with Crippen molar-refractivity contribution in [2.24, 2.45) is 0 Å². The Morgan fingerprint density at radius 3 is 1.25 bits per heavy atom. The van der Waals surface area contributed by atoms with Crippen LogP contribution < -0.4 is 0 Å². The average Bonchev–Trinajstić information content (AvgIpc) is 1.00. The van der Waals surface area contributed by atoms with E-state index in [0.29, 0.717) is 0 Å². The summed E-state index contributed by atoms with van der Waals surface area (Å²) < 4.78 is 0. The molecule has 0 rings (SSSR count). The van der Waals surface area contributed by atoms with Crippen molar-refractivity contribution in [1.29, 1.82) is 0 Å². The van der Waals surface area contributed by atoms with Crippen molar-refractivity contribution in [2.45, 2.75) is 0 Å². The first-order chi connectivity index (χ1) is 1.00. The van der Waals surface area contributed by atoms with Gasteiger partial charge in [0.25, 0.3) is 0 Å². The Morgan fingerprint density at radius 1 is 1.25 bits per heavy atom. The number of hydrogen-bond donors (Lipinski definition) is 0. The van der Waals surface area contributed by atoms with E-state index in [1.807, 2.05) is 0 Å².